The maximum Gasteiger partial charge on any atom is 0.136 e. The predicted octanol–water partition coefficient (Wildman–Crippen LogP) is 3.10. The van der Waals surface area contributed by atoms with E-state index >= 15 is 0 Å². The summed E-state index contributed by atoms with van der Waals surface area (Å²) in [5.74, 6) is 0. The fourth-order valence-electron chi connectivity index (χ4n) is 1.71. The zero-order chi connectivity index (χ0) is 12.4. The Morgan fingerprint density at radius 3 is 2.59 bits per heavy atom. The third kappa shape index (κ3) is 2.54. The number of benzene rings is 1. The van der Waals surface area contributed by atoms with Crippen LogP contribution in [0.15, 0.2) is 28.7 Å². The molecule has 90 valence electrons. The number of halogens is 2. The van der Waals surface area contributed by atoms with Crippen molar-refractivity contribution in [1.29, 1.82) is 0 Å². The maximum absolute atomic E-state index is 6.32. The highest BCUT2D eigenvalue weighted by Crippen LogP contribution is 2.24. The minimum absolute atomic E-state index is 0.576. The highest BCUT2D eigenvalue weighted by Gasteiger charge is 2.13. The van der Waals surface area contributed by atoms with Gasteiger partial charge in [0.05, 0.1) is 11.4 Å². The van der Waals surface area contributed by atoms with E-state index in [9.17, 15) is 0 Å². The van der Waals surface area contributed by atoms with Crippen molar-refractivity contribution in [1.82, 2.24) is 9.78 Å². The fourth-order valence-corrected chi connectivity index (χ4v) is 2.34. The van der Waals surface area contributed by atoms with Gasteiger partial charge in [-0.2, -0.15) is 5.10 Å². The van der Waals surface area contributed by atoms with Crippen LogP contribution in [0.25, 0.3) is 5.69 Å². The van der Waals surface area contributed by atoms with Crippen LogP contribution in [0.3, 0.4) is 0 Å². The Morgan fingerprint density at radius 2 is 2.00 bits per heavy atom. The van der Waals surface area contributed by atoms with Gasteiger partial charge >= 0.3 is 0 Å². The maximum atomic E-state index is 6.32. The molecule has 0 aliphatic rings. The Labute approximate surface area is 114 Å². The van der Waals surface area contributed by atoms with Gasteiger partial charge in [0.25, 0.3) is 0 Å². The van der Waals surface area contributed by atoms with Gasteiger partial charge < -0.3 is 5.73 Å². The quantitative estimate of drug-likeness (QED) is 0.946. The summed E-state index contributed by atoms with van der Waals surface area (Å²) in [7, 11) is 0. The van der Waals surface area contributed by atoms with Crippen molar-refractivity contribution < 1.29 is 0 Å². The molecule has 0 saturated heterocycles. The molecular weight excluding hydrogens is 302 g/mol. The molecule has 17 heavy (non-hydrogen) atoms. The third-order valence-corrected chi connectivity index (χ3v) is 3.50. The Balaban J connectivity index is 2.46. The summed E-state index contributed by atoms with van der Waals surface area (Å²) in [6, 6.07) is 7.86. The first kappa shape index (κ1) is 12.6. The van der Waals surface area contributed by atoms with Crippen LogP contribution in [-0.2, 0) is 6.42 Å². The molecule has 0 bridgehead atoms. The third-order valence-electron chi connectivity index (χ3n) is 2.59. The Kier molecular flexibility index (Phi) is 3.86. The van der Waals surface area contributed by atoms with Gasteiger partial charge in [-0.15, -0.1) is 0 Å². The van der Waals surface area contributed by atoms with Crippen molar-refractivity contribution in [2.75, 3.05) is 6.54 Å². The van der Waals surface area contributed by atoms with Gasteiger partial charge in [0.15, 0.2) is 0 Å². The lowest BCUT2D eigenvalue weighted by Gasteiger charge is -2.03. The van der Waals surface area contributed by atoms with Gasteiger partial charge in [0.2, 0.25) is 0 Å². The van der Waals surface area contributed by atoms with Crippen LogP contribution in [0.2, 0.25) is 5.15 Å². The van der Waals surface area contributed by atoms with Crippen LogP contribution in [0, 0.1) is 6.92 Å². The van der Waals surface area contributed by atoms with Crippen molar-refractivity contribution in [3.63, 3.8) is 0 Å². The number of aromatic nitrogens is 2. The number of hydrogen-bond acceptors (Lipinski definition) is 2. The summed E-state index contributed by atoms with van der Waals surface area (Å²) in [6.07, 6.45) is 0.751. The molecule has 0 aliphatic heterocycles. The normalized spacial score (nSPS) is 10.8. The molecule has 2 N–H and O–H groups in total. The lowest BCUT2D eigenvalue weighted by molar-refractivity contribution is 0.863. The first-order valence-electron chi connectivity index (χ1n) is 5.33. The predicted molar refractivity (Wildman–Crippen MR) is 73.8 cm³/mol. The van der Waals surface area contributed by atoms with Crippen LogP contribution >= 0.6 is 27.5 Å². The van der Waals surface area contributed by atoms with E-state index in [-0.39, 0.29) is 0 Å². The van der Waals surface area contributed by atoms with Crippen LogP contribution < -0.4 is 5.73 Å². The van der Waals surface area contributed by atoms with Crippen molar-refractivity contribution in [2.45, 2.75) is 13.3 Å². The highest BCUT2D eigenvalue weighted by molar-refractivity contribution is 9.10. The first-order chi connectivity index (χ1) is 8.13. The van der Waals surface area contributed by atoms with Crippen LogP contribution in [-0.4, -0.2) is 16.3 Å². The van der Waals surface area contributed by atoms with E-state index in [2.05, 4.69) is 21.0 Å². The van der Waals surface area contributed by atoms with Gasteiger partial charge in [0.1, 0.15) is 5.15 Å². The second kappa shape index (κ2) is 5.21. The summed E-state index contributed by atoms with van der Waals surface area (Å²) >= 11 is 9.72. The summed E-state index contributed by atoms with van der Waals surface area (Å²) in [5.41, 5.74) is 8.47. The number of nitrogens with zero attached hydrogens (tertiary/aromatic N) is 2. The van der Waals surface area contributed by atoms with E-state index in [1.165, 1.54) is 0 Å². The van der Waals surface area contributed by atoms with E-state index in [0.717, 1.165) is 27.8 Å². The molecule has 1 aromatic heterocycles. The van der Waals surface area contributed by atoms with Crippen molar-refractivity contribution in [3.8, 4) is 5.69 Å². The SMILES string of the molecule is Cc1nn(-c2ccc(Br)cc2)c(Cl)c1CCN. The molecule has 2 rings (SSSR count). The van der Waals surface area contributed by atoms with Gasteiger partial charge in [-0.3, -0.25) is 0 Å². The molecule has 3 nitrogen and oxygen atoms in total. The molecule has 0 spiro atoms. The molecule has 0 saturated carbocycles. The molecule has 0 unspecified atom stereocenters. The highest BCUT2D eigenvalue weighted by atomic mass is 79.9. The fraction of sp³-hybridized carbons (Fsp3) is 0.250. The largest absolute Gasteiger partial charge is 0.330 e. The molecule has 0 fully saturated rings. The van der Waals surface area contributed by atoms with E-state index in [4.69, 9.17) is 17.3 Å². The standard InChI is InChI=1S/C12H13BrClN3/c1-8-11(6-7-15)12(14)17(16-8)10-4-2-9(13)3-5-10/h2-5H,6-7,15H2,1H3. The van der Waals surface area contributed by atoms with Crippen LogP contribution in [0.5, 0.6) is 0 Å². The van der Waals surface area contributed by atoms with Gasteiger partial charge in [-0.25, -0.2) is 4.68 Å². The Morgan fingerprint density at radius 1 is 1.35 bits per heavy atom. The van der Waals surface area contributed by atoms with Gasteiger partial charge in [-0.1, -0.05) is 27.5 Å². The smallest absolute Gasteiger partial charge is 0.136 e. The van der Waals surface area contributed by atoms with E-state index in [1.54, 1.807) is 4.68 Å². The van der Waals surface area contributed by atoms with E-state index in [1.807, 2.05) is 31.2 Å². The van der Waals surface area contributed by atoms with Crippen LogP contribution in [0.1, 0.15) is 11.3 Å². The van der Waals surface area contributed by atoms with E-state index in [0.29, 0.717) is 11.7 Å². The molecule has 0 radical (unpaired) electrons. The number of aryl methyl sites for hydroxylation is 1. The van der Waals surface area contributed by atoms with Crippen molar-refractivity contribution >= 4 is 27.5 Å². The summed E-state index contributed by atoms with van der Waals surface area (Å²) < 4.78 is 2.78. The molecule has 0 aliphatic carbocycles. The molecule has 0 amide bonds. The Bertz CT molecular complexity index is 519. The minimum Gasteiger partial charge on any atom is -0.330 e. The Hall–Kier alpha value is -0.840. The monoisotopic (exact) mass is 313 g/mol. The topological polar surface area (TPSA) is 43.8 Å². The average Bonchev–Trinajstić information content (AvgIpc) is 2.59. The molecule has 1 heterocycles. The van der Waals surface area contributed by atoms with Gasteiger partial charge in [-0.05, 0) is 44.2 Å². The second-order valence-electron chi connectivity index (χ2n) is 3.78. The first-order valence-corrected chi connectivity index (χ1v) is 6.50. The van der Waals surface area contributed by atoms with E-state index < -0.39 is 0 Å². The lowest BCUT2D eigenvalue weighted by atomic mass is 10.2. The average molecular weight is 315 g/mol. The lowest BCUT2D eigenvalue weighted by Crippen LogP contribution is -2.03. The molecule has 1 aromatic carbocycles. The molecular formula is C12H13BrClN3. The number of hydrogen-bond donors (Lipinski definition) is 1. The summed E-state index contributed by atoms with van der Waals surface area (Å²) in [4.78, 5) is 0. The summed E-state index contributed by atoms with van der Waals surface area (Å²) in [6.45, 7) is 2.53. The van der Waals surface area contributed by atoms with Crippen molar-refractivity contribution in [2.24, 2.45) is 5.73 Å². The molecule has 0 atom stereocenters. The molecule has 2 aromatic rings. The number of nitrogens with two attached hydrogens (primary N) is 1. The summed E-state index contributed by atoms with van der Waals surface area (Å²) in [5, 5.41) is 5.09. The second-order valence-corrected chi connectivity index (χ2v) is 5.06. The minimum atomic E-state index is 0.576. The number of rotatable bonds is 3. The zero-order valence-corrected chi connectivity index (χ0v) is 11.8. The van der Waals surface area contributed by atoms with Crippen LogP contribution in [0.4, 0.5) is 0 Å². The van der Waals surface area contributed by atoms with Crippen molar-refractivity contribution in [3.05, 3.63) is 45.1 Å². The molecule has 5 heteroatoms. The van der Waals surface area contributed by atoms with Gasteiger partial charge in [0, 0.05) is 10.0 Å². The zero-order valence-electron chi connectivity index (χ0n) is 9.45.